The van der Waals surface area contributed by atoms with E-state index in [9.17, 15) is 22.8 Å². The zero-order valence-corrected chi connectivity index (χ0v) is 15.1. The second-order valence-corrected chi connectivity index (χ2v) is 7.10. The molecule has 4 nitrogen and oxygen atoms in total. The molecule has 0 spiro atoms. The van der Waals surface area contributed by atoms with Crippen LogP contribution in [0.4, 0.5) is 18.9 Å². The van der Waals surface area contributed by atoms with Crippen LogP contribution >= 0.6 is 11.8 Å². The molecule has 3 rings (SSSR count). The molecule has 0 aliphatic heterocycles. The van der Waals surface area contributed by atoms with Gasteiger partial charge in [0.1, 0.15) is 16.7 Å². The Morgan fingerprint density at radius 1 is 1.15 bits per heavy atom. The van der Waals surface area contributed by atoms with E-state index in [0.717, 1.165) is 18.6 Å². The molecule has 140 valence electrons. The van der Waals surface area contributed by atoms with Gasteiger partial charge in [0.15, 0.2) is 5.78 Å². The number of carbonyl (C=O) groups excluding carboxylic acids is 2. The van der Waals surface area contributed by atoms with Gasteiger partial charge in [0.25, 0.3) is 0 Å². The van der Waals surface area contributed by atoms with Crippen LogP contribution in [0, 0.1) is 0 Å². The van der Waals surface area contributed by atoms with Gasteiger partial charge in [-0.2, -0.15) is 13.2 Å². The second kappa shape index (κ2) is 7.64. The Morgan fingerprint density at radius 3 is 2.48 bits per heavy atom. The molecule has 1 unspecified atom stereocenters. The summed E-state index contributed by atoms with van der Waals surface area (Å²) in [6.07, 6.45) is -2.24. The Labute approximate surface area is 157 Å². The van der Waals surface area contributed by atoms with Crippen LogP contribution in [0.5, 0.6) is 0 Å². The summed E-state index contributed by atoms with van der Waals surface area (Å²) in [6, 6.07) is 7.30. The topological polar surface area (TPSA) is 59.4 Å². The molecule has 0 amide bonds. The molecule has 1 aromatic heterocycles. The number of aliphatic imine (C=N–C) groups is 1. The third kappa shape index (κ3) is 3.95. The largest absolute Gasteiger partial charge is 0.416 e. The number of carbonyl (C=O) groups is 2. The zero-order chi connectivity index (χ0) is 19.6. The first-order valence-corrected chi connectivity index (χ1v) is 9.29. The molecule has 1 atom stereocenters. The van der Waals surface area contributed by atoms with E-state index in [4.69, 9.17) is 0 Å². The highest BCUT2D eigenvalue weighted by molar-refractivity contribution is 8.01. The van der Waals surface area contributed by atoms with Gasteiger partial charge < -0.3 is 0 Å². The van der Waals surface area contributed by atoms with Crippen LogP contribution in [0.1, 0.15) is 39.8 Å². The predicted octanol–water partition coefficient (Wildman–Crippen LogP) is 4.76. The summed E-state index contributed by atoms with van der Waals surface area (Å²) in [5.74, 6) is -0.0915. The summed E-state index contributed by atoms with van der Waals surface area (Å²) in [5, 5.41) is -0.795. The van der Waals surface area contributed by atoms with Gasteiger partial charge in [0, 0.05) is 11.8 Å². The van der Waals surface area contributed by atoms with E-state index in [1.165, 1.54) is 30.1 Å². The average molecular weight is 392 g/mol. The van der Waals surface area contributed by atoms with Crippen molar-refractivity contribution in [2.75, 3.05) is 5.75 Å². The lowest BCUT2D eigenvalue weighted by atomic mass is 9.91. The van der Waals surface area contributed by atoms with Crippen molar-refractivity contribution in [3.05, 3.63) is 59.4 Å². The van der Waals surface area contributed by atoms with E-state index in [1.54, 1.807) is 12.1 Å². The van der Waals surface area contributed by atoms with Gasteiger partial charge in [-0.1, -0.05) is 6.92 Å². The molecule has 1 aromatic carbocycles. The highest BCUT2D eigenvalue weighted by atomic mass is 32.2. The van der Waals surface area contributed by atoms with E-state index in [-0.39, 0.29) is 28.4 Å². The van der Waals surface area contributed by atoms with Crippen molar-refractivity contribution in [1.82, 2.24) is 4.98 Å². The monoisotopic (exact) mass is 392 g/mol. The van der Waals surface area contributed by atoms with Gasteiger partial charge in [-0.05, 0) is 48.6 Å². The number of pyridine rings is 1. The standard InChI is InChI=1S/C19H15F3N2O2S/c1-2-10-27-18-15(17(26)14-13(16(18)25)4-3-9-23-14)24-12-7-5-11(6-8-12)19(20,21)22/h3-9,18H,2,10H2,1H3. The smallest absolute Gasteiger partial charge is 0.292 e. The number of benzene rings is 1. The number of Topliss-reactive ketones (excluding diaryl/α,β-unsaturated/α-hetero) is 2. The number of alkyl halides is 3. The van der Waals surface area contributed by atoms with Gasteiger partial charge >= 0.3 is 6.18 Å². The van der Waals surface area contributed by atoms with E-state index in [1.807, 2.05) is 6.92 Å². The highest BCUT2D eigenvalue weighted by Crippen LogP contribution is 2.32. The molecule has 0 fully saturated rings. The summed E-state index contributed by atoms with van der Waals surface area (Å²) in [7, 11) is 0. The number of aromatic nitrogens is 1. The molecule has 1 aliphatic carbocycles. The fourth-order valence-corrected chi connectivity index (χ4v) is 3.72. The van der Waals surface area contributed by atoms with Gasteiger partial charge in [-0.25, -0.2) is 4.99 Å². The molecule has 1 aliphatic rings. The lowest BCUT2D eigenvalue weighted by Gasteiger charge is -2.23. The number of hydrogen-bond acceptors (Lipinski definition) is 5. The third-order valence-corrected chi connectivity index (χ3v) is 5.35. The number of rotatable bonds is 4. The van der Waals surface area contributed by atoms with Crippen molar-refractivity contribution in [1.29, 1.82) is 0 Å². The Kier molecular flexibility index (Phi) is 5.46. The minimum Gasteiger partial charge on any atom is -0.292 e. The summed E-state index contributed by atoms with van der Waals surface area (Å²) in [6.45, 7) is 1.95. The van der Waals surface area contributed by atoms with Gasteiger partial charge in [0.05, 0.1) is 11.3 Å². The molecule has 0 bridgehead atoms. The van der Waals surface area contributed by atoms with Crippen LogP contribution in [-0.2, 0) is 6.18 Å². The van der Waals surface area contributed by atoms with Crippen molar-refractivity contribution in [2.45, 2.75) is 24.8 Å². The van der Waals surface area contributed by atoms with E-state index < -0.39 is 22.8 Å². The normalized spacial score (nSPS) is 18.7. The van der Waals surface area contributed by atoms with Crippen LogP contribution in [0.3, 0.4) is 0 Å². The van der Waals surface area contributed by atoms with Crippen molar-refractivity contribution in [3.63, 3.8) is 0 Å². The fourth-order valence-electron chi connectivity index (χ4n) is 2.65. The van der Waals surface area contributed by atoms with Gasteiger partial charge in [-0.15, -0.1) is 11.8 Å². The number of ketones is 2. The first kappa shape index (κ1) is 19.3. The van der Waals surface area contributed by atoms with Crippen LogP contribution in [0.2, 0.25) is 0 Å². The van der Waals surface area contributed by atoms with Crippen LogP contribution in [0.25, 0.3) is 0 Å². The van der Waals surface area contributed by atoms with Crippen LogP contribution in [-0.4, -0.2) is 33.3 Å². The first-order valence-electron chi connectivity index (χ1n) is 8.24. The molecular formula is C19H15F3N2O2S. The Hall–Kier alpha value is -2.48. The molecule has 0 saturated heterocycles. The number of halogens is 3. The molecule has 0 saturated carbocycles. The van der Waals surface area contributed by atoms with E-state index in [2.05, 4.69) is 9.98 Å². The summed E-state index contributed by atoms with van der Waals surface area (Å²) in [4.78, 5) is 33.9. The SMILES string of the molecule is CCCSC1C(=O)c2cccnc2C(=O)C1=Nc1ccc(C(F)(F)F)cc1. The Bertz CT molecular complexity index is 908. The first-order chi connectivity index (χ1) is 12.8. The summed E-state index contributed by atoms with van der Waals surface area (Å²) < 4.78 is 38.1. The minimum absolute atomic E-state index is 0.00408. The maximum absolute atomic E-state index is 12.8. The highest BCUT2D eigenvalue weighted by Gasteiger charge is 2.39. The average Bonchev–Trinajstić information content (AvgIpc) is 2.65. The molecule has 27 heavy (non-hydrogen) atoms. The van der Waals surface area contributed by atoms with E-state index in [0.29, 0.717) is 5.75 Å². The Morgan fingerprint density at radius 2 is 1.85 bits per heavy atom. The predicted molar refractivity (Wildman–Crippen MR) is 98.0 cm³/mol. The molecular weight excluding hydrogens is 377 g/mol. The molecule has 1 heterocycles. The number of hydrogen-bond donors (Lipinski definition) is 0. The molecule has 2 aromatic rings. The molecule has 0 radical (unpaired) electrons. The van der Waals surface area contributed by atoms with Crippen molar-refractivity contribution in [3.8, 4) is 0 Å². The minimum atomic E-state index is -4.45. The number of thioether (sulfide) groups is 1. The maximum atomic E-state index is 12.8. The fraction of sp³-hybridized carbons (Fsp3) is 0.263. The lowest BCUT2D eigenvalue weighted by molar-refractivity contribution is -0.137. The quantitative estimate of drug-likeness (QED) is 0.752. The lowest BCUT2D eigenvalue weighted by Crippen LogP contribution is -2.40. The second-order valence-electron chi connectivity index (χ2n) is 5.89. The van der Waals surface area contributed by atoms with Crippen LogP contribution < -0.4 is 0 Å². The number of fused-ring (bicyclic) bond motifs is 1. The molecule has 8 heteroatoms. The van der Waals surface area contributed by atoms with E-state index >= 15 is 0 Å². The zero-order valence-electron chi connectivity index (χ0n) is 14.3. The third-order valence-electron chi connectivity index (χ3n) is 3.94. The maximum Gasteiger partial charge on any atom is 0.416 e. The van der Waals surface area contributed by atoms with Crippen molar-refractivity contribution < 1.29 is 22.8 Å². The molecule has 0 N–H and O–H groups in total. The summed E-state index contributed by atoms with van der Waals surface area (Å²) >= 11 is 1.30. The Balaban J connectivity index is 2.03. The van der Waals surface area contributed by atoms with Gasteiger partial charge in [0.2, 0.25) is 5.78 Å². The van der Waals surface area contributed by atoms with Gasteiger partial charge in [-0.3, -0.25) is 14.6 Å². The van der Waals surface area contributed by atoms with Crippen molar-refractivity contribution in [2.24, 2.45) is 4.99 Å². The number of nitrogens with zero attached hydrogens (tertiary/aromatic N) is 2. The summed E-state index contributed by atoms with van der Waals surface area (Å²) in [5.41, 5.74) is -0.338. The van der Waals surface area contributed by atoms with Crippen molar-refractivity contribution >= 4 is 34.7 Å². The van der Waals surface area contributed by atoms with Crippen LogP contribution in [0.15, 0.2) is 47.6 Å².